The minimum atomic E-state index is -0.810. The number of hydrogen-bond donors (Lipinski definition) is 0. The molecule has 2 bridgehead atoms. The van der Waals surface area contributed by atoms with Crippen LogP contribution >= 0.6 is 0 Å². The van der Waals surface area contributed by atoms with E-state index in [1.807, 2.05) is 6.92 Å². The summed E-state index contributed by atoms with van der Waals surface area (Å²) in [4.78, 5) is 2.53. The molecule has 0 N–H and O–H groups in total. The van der Waals surface area contributed by atoms with E-state index >= 15 is 0 Å². The van der Waals surface area contributed by atoms with E-state index in [4.69, 9.17) is 0 Å². The average molecular weight is 378 g/mol. The average Bonchev–Trinajstić information content (AvgIpc) is 3.07. The van der Waals surface area contributed by atoms with Crippen LogP contribution < -0.4 is 0 Å². The SMILES string of the molecule is CC(=Cn1c2c(c3cc(C)ccc31)C1CCC(C2)N1C)c1ccc(F)c(F)c1. The van der Waals surface area contributed by atoms with Gasteiger partial charge in [-0.05, 0) is 74.7 Å². The maximum atomic E-state index is 13.7. The van der Waals surface area contributed by atoms with Gasteiger partial charge < -0.3 is 4.57 Å². The van der Waals surface area contributed by atoms with Crippen molar-refractivity contribution in [1.29, 1.82) is 0 Å². The molecular formula is C24H24F2N2. The maximum absolute atomic E-state index is 13.7. The van der Waals surface area contributed by atoms with Crippen molar-refractivity contribution in [1.82, 2.24) is 9.47 Å². The zero-order valence-electron chi connectivity index (χ0n) is 16.5. The molecule has 0 radical (unpaired) electrons. The normalized spacial score (nSPS) is 22.1. The van der Waals surface area contributed by atoms with E-state index in [1.165, 1.54) is 52.7 Å². The largest absolute Gasteiger partial charge is 0.320 e. The fraction of sp³-hybridized carbons (Fsp3) is 0.333. The minimum Gasteiger partial charge on any atom is -0.320 e. The number of hydrogen-bond acceptors (Lipinski definition) is 1. The summed E-state index contributed by atoms with van der Waals surface area (Å²) in [5.41, 5.74) is 6.90. The monoisotopic (exact) mass is 378 g/mol. The third kappa shape index (κ3) is 2.55. The van der Waals surface area contributed by atoms with Crippen LogP contribution in [0.25, 0.3) is 22.7 Å². The standard InChI is InChI=1S/C24H24F2N2/c1-14-4-8-21-18(10-14)24-22-9-6-17(27(22)3)12-23(24)28(21)13-15(2)16-5-7-19(25)20(26)11-16/h4-5,7-8,10-11,13,17,22H,6,9,12H2,1-3H3. The number of benzene rings is 2. The van der Waals surface area contributed by atoms with Gasteiger partial charge in [0, 0.05) is 35.8 Å². The summed E-state index contributed by atoms with van der Waals surface area (Å²) in [5, 5.41) is 1.32. The minimum absolute atomic E-state index is 0.469. The molecule has 0 aliphatic carbocycles. The second-order valence-electron chi connectivity index (χ2n) is 8.31. The topological polar surface area (TPSA) is 8.17 Å². The van der Waals surface area contributed by atoms with Crippen molar-refractivity contribution in [2.24, 2.45) is 0 Å². The Labute approximate surface area is 164 Å². The molecule has 1 fully saturated rings. The van der Waals surface area contributed by atoms with Crippen molar-refractivity contribution >= 4 is 22.7 Å². The number of fused-ring (bicyclic) bond motifs is 6. The van der Waals surface area contributed by atoms with E-state index in [9.17, 15) is 8.78 Å². The lowest BCUT2D eigenvalue weighted by Crippen LogP contribution is -2.34. The van der Waals surface area contributed by atoms with Crippen LogP contribution in [0.5, 0.6) is 0 Å². The second-order valence-corrected chi connectivity index (χ2v) is 8.31. The van der Waals surface area contributed by atoms with Crippen molar-refractivity contribution in [3.8, 4) is 0 Å². The highest BCUT2D eigenvalue weighted by Crippen LogP contribution is 2.47. The highest BCUT2D eigenvalue weighted by Gasteiger charge is 2.40. The van der Waals surface area contributed by atoms with Crippen LogP contribution in [0.3, 0.4) is 0 Å². The van der Waals surface area contributed by atoms with E-state index in [-0.39, 0.29) is 0 Å². The summed E-state index contributed by atoms with van der Waals surface area (Å²) in [6, 6.07) is 11.8. The number of likely N-dealkylation sites (N-methyl/N-ethyl adjacent to an activating group) is 1. The van der Waals surface area contributed by atoms with E-state index in [0.29, 0.717) is 17.6 Å². The zero-order valence-corrected chi connectivity index (χ0v) is 16.5. The molecule has 2 aliphatic heterocycles. The summed E-state index contributed by atoms with van der Waals surface area (Å²) >= 11 is 0. The van der Waals surface area contributed by atoms with Gasteiger partial charge in [0.25, 0.3) is 0 Å². The van der Waals surface area contributed by atoms with Gasteiger partial charge in [-0.1, -0.05) is 17.7 Å². The van der Waals surface area contributed by atoms with Crippen LogP contribution in [0.4, 0.5) is 8.78 Å². The zero-order chi connectivity index (χ0) is 19.6. The molecule has 28 heavy (non-hydrogen) atoms. The van der Waals surface area contributed by atoms with Crippen molar-refractivity contribution in [3.63, 3.8) is 0 Å². The molecule has 144 valence electrons. The smallest absolute Gasteiger partial charge is 0.159 e. The molecule has 4 heteroatoms. The van der Waals surface area contributed by atoms with Gasteiger partial charge in [-0.25, -0.2) is 8.78 Å². The summed E-state index contributed by atoms with van der Waals surface area (Å²) < 4.78 is 29.4. The first kappa shape index (κ1) is 17.6. The van der Waals surface area contributed by atoms with Crippen LogP contribution in [0.15, 0.2) is 36.4 Å². The Morgan fingerprint density at radius 1 is 1.07 bits per heavy atom. The molecule has 3 aromatic rings. The van der Waals surface area contributed by atoms with E-state index in [1.54, 1.807) is 6.07 Å². The van der Waals surface area contributed by atoms with Gasteiger partial charge in [0.1, 0.15) is 0 Å². The molecule has 0 amide bonds. The summed E-state index contributed by atoms with van der Waals surface area (Å²) in [5.74, 6) is -1.62. The fourth-order valence-electron chi connectivity index (χ4n) is 5.07. The Morgan fingerprint density at radius 3 is 2.68 bits per heavy atom. The number of allylic oxidation sites excluding steroid dienone is 1. The van der Waals surface area contributed by atoms with Gasteiger partial charge in [-0.2, -0.15) is 0 Å². The number of nitrogens with zero attached hydrogens (tertiary/aromatic N) is 2. The Kier molecular flexibility index (Phi) is 3.95. The third-order valence-electron chi connectivity index (χ3n) is 6.60. The molecule has 0 spiro atoms. The lowest BCUT2D eigenvalue weighted by molar-refractivity contribution is 0.223. The van der Waals surface area contributed by atoms with Crippen molar-refractivity contribution in [3.05, 3.63) is 70.4 Å². The predicted molar refractivity (Wildman–Crippen MR) is 110 cm³/mol. The highest BCUT2D eigenvalue weighted by molar-refractivity contribution is 5.91. The van der Waals surface area contributed by atoms with Crippen LogP contribution in [-0.4, -0.2) is 22.6 Å². The number of halogens is 2. The molecule has 1 saturated heterocycles. The second kappa shape index (κ2) is 6.28. The van der Waals surface area contributed by atoms with Crippen LogP contribution in [0.1, 0.15) is 48.2 Å². The molecular weight excluding hydrogens is 354 g/mol. The van der Waals surface area contributed by atoms with Crippen LogP contribution in [0.2, 0.25) is 0 Å². The van der Waals surface area contributed by atoms with Gasteiger partial charge in [0.15, 0.2) is 11.6 Å². The van der Waals surface area contributed by atoms with Crippen LogP contribution in [-0.2, 0) is 6.42 Å². The lowest BCUT2D eigenvalue weighted by Gasteiger charge is -2.32. The first-order valence-corrected chi connectivity index (χ1v) is 9.93. The number of aromatic nitrogens is 1. The summed E-state index contributed by atoms with van der Waals surface area (Å²) in [7, 11) is 2.24. The molecule has 2 aliphatic rings. The first-order chi connectivity index (χ1) is 13.4. The number of aryl methyl sites for hydroxylation is 1. The Balaban J connectivity index is 1.72. The molecule has 2 unspecified atom stereocenters. The lowest BCUT2D eigenvalue weighted by atomic mass is 9.97. The van der Waals surface area contributed by atoms with E-state index in [0.717, 1.165) is 12.0 Å². The van der Waals surface area contributed by atoms with Crippen LogP contribution in [0, 0.1) is 18.6 Å². The Hall–Kier alpha value is -2.46. The molecule has 5 rings (SSSR count). The Bertz CT molecular complexity index is 1130. The predicted octanol–water partition coefficient (Wildman–Crippen LogP) is 5.94. The molecule has 2 nitrogen and oxygen atoms in total. The fourth-order valence-corrected chi connectivity index (χ4v) is 5.07. The third-order valence-corrected chi connectivity index (χ3v) is 6.60. The van der Waals surface area contributed by atoms with Gasteiger partial charge in [0.05, 0.1) is 5.52 Å². The number of rotatable bonds is 2. The molecule has 0 saturated carbocycles. The quantitative estimate of drug-likeness (QED) is 0.536. The van der Waals surface area contributed by atoms with E-state index < -0.39 is 11.6 Å². The molecule has 2 atom stereocenters. The molecule has 3 heterocycles. The maximum Gasteiger partial charge on any atom is 0.159 e. The van der Waals surface area contributed by atoms with Crippen molar-refractivity contribution < 1.29 is 8.78 Å². The highest BCUT2D eigenvalue weighted by atomic mass is 19.2. The summed E-state index contributed by atoms with van der Waals surface area (Å²) in [6.07, 6.45) is 5.55. The van der Waals surface area contributed by atoms with Crippen molar-refractivity contribution in [2.75, 3.05) is 7.05 Å². The van der Waals surface area contributed by atoms with Gasteiger partial charge >= 0.3 is 0 Å². The van der Waals surface area contributed by atoms with Gasteiger partial charge in [-0.15, -0.1) is 0 Å². The molecule has 1 aromatic heterocycles. The van der Waals surface area contributed by atoms with Gasteiger partial charge in [-0.3, -0.25) is 4.90 Å². The van der Waals surface area contributed by atoms with Gasteiger partial charge in [0.2, 0.25) is 0 Å². The van der Waals surface area contributed by atoms with Crippen molar-refractivity contribution in [2.45, 2.75) is 45.2 Å². The summed E-state index contributed by atoms with van der Waals surface area (Å²) in [6.45, 7) is 4.10. The Morgan fingerprint density at radius 2 is 1.89 bits per heavy atom. The molecule has 2 aromatic carbocycles. The first-order valence-electron chi connectivity index (χ1n) is 9.93. The van der Waals surface area contributed by atoms with E-state index in [2.05, 4.69) is 47.8 Å².